The Morgan fingerprint density at radius 1 is 1.12 bits per heavy atom. The van der Waals surface area contributed by atoms with Crippen LogP contribution in [0.15, 0.2) is 41.5 Å². The van der Waals surface area contributed by atoms with Crippen LogP contribution in [0.2, 0.25) is 15.1 Å². The first-order valence-corrected chi connectivity index (χ1v) is 8.11. The van der Waals surface area contributed by atoms with Gasteiger partial charge in [0, 0.05) is 15.6 Å². The molecule has 128 valence electrons. The van der Waals surface area contributed by atoms with Crippen LogP contribution in [0.3, 0.4) is 0 Å². The van der Waals surface area contributed by atoms with Crippen molar-refractivity contribution in [3.05, 3.63) is 62.6 Å². The molecule has 25 heavy (non-hydrogen) atoms. The minimum Gasteiger partial charge on any atom is -0.487 e. The van der Waals surface area contributed by atoms with E-state index < -0.39 is 0 Å². The number of aromatic nitrogens is 4. The lowest BCUT2D eigenvalue weighted by atomic mass is 10.2. The van der Waals surface area contributed by atoms with Crippen molar-refractivity contribution in [3.8, 4) is 5.75 Å². The average molecular weight is 398 g/mol. The van der Waals surface area contributed by atoms with E-state index in [0.717, 1.165) is 10.4 Å². The highest BCUT2D eigenvalue weighted by Crippen LogP contribution is 2.32. The highest BCUT2D eigenvalue weighted by Gasteiger charge is 2.11. The molecule has 0 spiro atoms. The van der Waals surface area contributed by atoms with Gasteiger partial charge in [0.15, 0.2) is 0 Å². The Hall–Kier alpha value is -2.35. The molecule has 3 rings (SSSR count). The molecule has 0 atom stereocenters. The van der Waals surface area contributed by atoms with E-state index in [1.54, 1.807) is 24.3 Å². The third-order valence-electron chi connectivity index (χ3n) is 3.12. The summed E-state index contributed by atoms with van der Waals surface area (Å²) >= 11 is 18.2. The number of hydrogen-bond donors (Lipinski definition) is 1. The lowest BCUT2D eigenvalue weighted by Crippen LogP contribution is -2.02. The number of halogens is 3. The molecular weight excluding hydrogens is 387 g/mol. The Morgan fingerprint density at radius 3 is 2.56 bits per heavy atom. The van der Waals surface area contributed by atoms with Crippen LogP contribution in [0.4, 0.5) is 5.95 Å². The normalized spacial score (nSPS) is 11.2. The number of rotatable bonds is 5. The van der Waals surface area contributed by atoms with Crippen molar-refractivity contribution >= 4 is 47.0 Å². The van der Waals surface area contributed by atoms with Crippen molar-refractivity contribution in [1.29, 1.82) is 0 Å². The fraction of sp³-hybridized carbons (Fsp3) is 0.0667. The van der Waals surface area contributed by atoms with E-state index in [-0.39, 0.29) is 5.95 Å². The largest absolute Gasteiger partial charge is 0.487 e. The van der Waals surface area contributed by atoms with E-state index in [0.29, 0.717) is 33.0 Å². The molecule has 1 heterocycles. The third kappa shape index (κ3) is 4.39. The molecule has 0 saturated carbocycles. The second kappa shape index (κ2) is 7.69. The molecule has 0 aliphatic heterocycles. The lowest BCUT2D eigenvalue weighted by Gasteiger charge is -2.11. The van der Waals surface area contributed by atoms with Crippen molar-refractivity contribution < 1.29 is 4.74 Å². The van der Waals surface area contributed by atoms with Gasteiger partial charge in [-0.2, -0.15) is 5.10 Å². The SMILES string of the molecule is Nc1nnnn1/N=C/c1cc(Cl)cc(Cl)c1OCc1ccc(Cl)cc1. The Labute approximate surface area is 157 Å². The first-order chi connectivity index (χ1) is 12.0. The van der Waals surface area contributed by atoms with Gasteiger partial charge in [-0.3, -0.25) is 0 Å². The van der Waals surface area contributed by atoms with Crippen LogP contribution in [0.1, 0.15) is 11.1 Å². The number of hydrogen-bond acceptors (Lipinski definition) is 6. The maximum absolute atomic E-state index is 6.25. The highest BCUT2D eigenvalue weighted by molar-refractivity contribution is 6.36. The zero-order valence-corrected chi connectivity index (χ0v) is 14.9. The van der Waals surface area contributed by atoms with Gasteiger partial charge in [0.05, 0.1) is 11.2 Å². The zero-order valence-electron chi connectivity index (χ0n) is 12.6. The topological polar surface area (TPSA) is 91.2 Å². The zero-order chi connectivity index (χ0) is 17.8. The fourth-order valence-electron chi connectivity index (χ4n) is 1.95. The molecule has 1 aromatic heterocycles. The summed E-state index contributed by atoms with van der Waals surface area (Å²) < 4.78 is 5.83. The van der Waals surface area contributed by atoms with Gasteiger partial charge in [-0.05, 0) is 40.3 Å². The van der Waals surface area contributed by atoms with E-state index in [9.17, 15) is 0 Å². The Morgan fingerprint density at radius 2 is 1.88 bits per heavy atom. The molecule has 0 aliphatic rings. The molecule has 2 aromatic carbocycles. The molecule has 7 nitrogen and oxygen atoms in total. The molecule has 0 amide bonds. The first kappa shape index (κ1) is 17.5. The number of benzene rings is 2. The summed E-state index contributed by atoms with van der Waals surface area (Å²) in [5.41, 5.74) is 7.06. The van der Waals surface area contributed by atoms with Crippen LogP contribution in [-0.2, 0) is 6.61 Å². The van der Waals surface area contributed by atoms with Gasteiger partial charge >= 0.3 is 0 Å². The number of anilines is 1. The first-order valence-electron chi connectivity index (χ1n) is 6.97. The van der Waals surface area contributed by atoms with E-state index in [1.807, 2.05) is 12.1 Å². The van der Waals surface area contributed by atoms with Crippen LogP contribution in [0, 0.1) is 0 Å². The summed E-state index contributed by atoms with van der Waals surface area (Å²) in [6.45, 7) is 0.298. The Bertz CT molecular complexity index is 910. The van der Waals surface area contributed by atoms with E-state index in [2.05, 4.69) is 20.6 Å². The fourth-order valence-corrected chi connectivity index (χ4v) is 2.64. The number of nitrogen functional groups attached to an aromatic ring is 1. The molecule has 2 N–H and O–H groups in total. The monoisotopic (exact) mass is 396 g/mol. The van der Waals surface area contributed by atoms with Crippen LogP contribution in [0.5, 0.6) is 5.75 Å². The molecule has 0 radical (unpaired) electrons. The standard InChI is InChI=1S/C15H11Cl3N6O/c16-11-3-1-9(2-4-11)8-25-14-10(5-12(17)6-13(14)18)7-20-24-15(19)21-22-23-24/h1-7H,8H2,(H2,19,21,23)/b20-7+. The summed E-state index contributed by atoms with van der Waals surface area (Å²) in [5, 5.41) is 16.1. The van der Waals surface area contributed by atoms with Gasteiger partial charge in [0.2, 0.25) is 0 Å². The molecule has 10 heteroatoms. The van der Waals surface area contributed by atoms with E-state index in [1.165, 1.54) is 6.21 Å². The van der Waals surface area contributed by atoms with Crippen molar-refractivity contribution in [3.63, 3.8) is 0 Å². The number of ether oxygens (including phenoxy) is 1. The average Bonchev–Trinajstić information content (AvgIpc) is 2.98. The van der Waals surface area contributed by atoms with E-state index in [4.69, 9.17) is 45.3 Å². The quantitative estimate of drug-likeness (QED) is 0.663. The van der Waals surface area contributed by atoms with Crippen LogP contribution in [0.25, 0.3) is 0 Å². The molecule has 0 aliphatic carbocycles. The smallest absolute Gasteiger partial charge is 0.263 e. The predicted octanol–water partition coefficient (Wildman–Crippen LogP) is 3.68. The molecule has 0 saturated heterocycles. The van der Waals surface area contributed by atoms with Crippen LogP contribution < -0.4 is 10.5 Å². The van der Waals surface area contributed by atoms with E-state index >= 15 is 0 Å². The van der Waals surface area contributed by atoms with Crippen molar-refractivity contribution in [2.45, 2.75) is 6.61 Å². The minimum absolute atomic E-state index is 0.0491. The van der Waals surface area contributed by atoms with Crippen molar-refractivity contribution in [2.24, 2.45) is 5.10 Å². The lowest BCUT2D eigenvalue weighted by molar-refractivity contribution is 0.306. The minimum atomic E-state index is 0.0491. The summed E-state index contributed by atoms with van der Waals surface area (Å²) in [4.78, 5) is 1.07. The summed E-state index contributed by atoms with van der Waals surface area (Å²) in [5.74, 6) is 0.476. The van der Waals surface area contributed by atoms with Gasteiger partial charge in [0.1, 0.15) is 12.4 Å². The third-order valence-corrected chi connectivity index (χ3v) is 3.87. The second-order valence-corrected chi connectivity index (χ2v) is 6.17. The van der Waals surface area contributed by atoms with Crippen LogP contribution in [-0.4, -0.2) is 26.5 Å². The molecule has 0 fully saturated rings. The molecular formula is C15H11Cl3N6O. The molecule has 0 bridgehead atoms. The maximum Gasteiger partial charge on any atom is 0.263 e. The number of nitrogens with zero attached hydrogens (tertiary/aromatic N) is 5. The van der Waals surface area contributed by atoms with Gasteiger partial charge in [-0.25, -0.2) is 0 Å². The second-order valence-electron chi connectivity index (χ2n) is 4.89. The summed E-state index contributed by atoms with van der Waals surface area (Å²) in [6.07, 6.45) is 1.46. The highest BCUT2D eigenvalue weighted by atomic mass is 35.5. The van der Waals surface area contributed by atoms with Gasteiger partial charge in [0.25, 0.3) is 5.95 Å². The number of nitrogens with two attached hydrogens (primary N) is 1. The summed E-state index contributed by atoms with van der Waals surface area (Å²) in [7, 11) is 0. The maximum atomic E-state index is 6.25. The van der Waals surface area contributed by atoms with Gasteiger partial charge < -0.3 is 10.5 Å². The number of tetrazole rings is 1. The molecule has 3 aromatic rings. The van der Waals surface area contributed by atoms with Gasteiger partial charge in [-0.15, -0.1) is 0 Å². The summed E-state index contributed by atoms with van der Waals surface area (Å²) in [6, 6.07) is 10.5. The van der Waals surface area contributed by atoms with Crippen molar-refractivity contribution in [2.75, 3.05) is 5.73 Å². The van der Waals surface area contributed by atoms with Crippen LogP contribution >= 0.6 is 34.8 Å². The molecule has 0 unspecified atom stereocenters. The van der Waals surface area contributed by atoms with Crippen molar-refractivity contribution in [1.82, 2.24) is 20.3 Å². The Kier molecular flexibility index (Phi) is 5.37. The Balaban J connectivity index is 1.86. The predicted molar refractivity (Wildman–Crippen MR) is 97.5 cm³/mol. The van der Waals surface area contributed by atoms with Gasteiger partial charge in [-0.1, -0.05) is 56.8 Å².